The van der Waals surface area contributed by atoms with Crippen molar-refractivity contribution < 1.29 is 4.79 Å². The Kier molecular flexibility index (Phi) is 5.09. The Morgan fingerprint density at radius 2 is 1.95 bits per heavy atom. The van der Waals surface area contributed by atoms with Crippen molar-refractivity contribution in [1.29, 1.82) is 0 Å². The van der Waals surface area contributed by atoms with Crippen molar-refractivity contribution in [3.63, 3.8) is 0 Å². The molecule has 0 aliphatic rings. The lowest BCUT2D eigenvalue weighted by Gasteiger charge is -2.28. The lowest BCUT2D eigenvalue weighted by atomic mass is 9.81. The van der Waals surface area contributed by atoms with E-state index in [9.17, 15) is 4.79 Å². The summed E-state index contributed by atoms with van der Waals surface area (Å²) >= 11 is 1.60. The number of anilines is 1. The van der Waals surface area contributed by atoms with Gasteiger partial charge in [0.1, 0.15) is 5.01 Å². The van der Waals surface area contributed by atoms with Crippen molar-refractivity contribution in [3.05, 3.63) is 35.8 Å². The smallest absolute Gasteiger partial charge is 0.231 e. The van der Waals surface area contributed by atoms with Gasteiger partial charge in [-0.25, -0.2) is 4.98 Å². The normalized spacial score (nSPS) is 11.4. The Labute approximate surface area is 129 Å². The van der Waals surface area contributed by atoms with Crippen molar-refractivity contribution in [2.75, 3.05) is 11.9 Å². The highest BCUT2D eigenvalue weighted by molar-refractivity contribution is 7.13. The fourth-order valence-electron chi connectivity index (χ4n) is 2.28. The van der Waals surface area contributed by atoms with Crippen LogP contribution in [0.5, 0.6) is 0 Å². The van der Waals surface area contributed by atoms with Crippen LogP contribution in [0.2, 0.25) is 0 Å². The summed E-state index contributed by atoms with van der Waals surface area (Å²) in [7, 11) is 0. The van der Waals surface area contributed by atoms with Gasteiger partial charge in [0.25, 0.3) is 0 Å². The van der Waals surface area contributed by atoms with E-state index in [4.69, 9.17) is 5.73 Å². The van der Waals surface area contributed by atoms with Crippen LogP contribution in [0, 0.1) is 5.41 Å². The van der Waals surface area contributed by atoms with Gasteiger partial charge >= 0.3 is 0 Å². The number of nitrogens with one attached hydrogen (secondary N) is 1. The molecule has 3 N–H and O–H groups in total. The first-order valence-corrected chi connectivity index (χ1v) is 8.04. The Morgan fingerprint density at radius 1 is 1.29 bits per heavy atom. The molecule has 2 aromatic rings. The number of aromatic nitrogens is 1. The predicted molar refractivity (Wildman–Crippen MR) is 88.2 cm³/mol. The number of nitrogens with zero attached hydrogens (tertiary/aromatic N) is 1. The topological polar surface area (TPSA) is 68.0 Å². The summed E-state index contributed by atoms with van der Waals surface area (Å²) in [4.78, 5) is 16.7. The molecule has 1 aromatic carbocycles. The van der Waals surface area contributed by atoms with Gasteiger partial charge in [0.15, 0.2) is 0 Å². The first-order valence-electron chi connectivity index (χ1n) is 7.16. The summed E-state index contributed by atoms with van der Waals surface area (Å²) in [5, 5.41) is 5.90. The first kappa shape index (κ1) is 15.7. The molecular formula is C16H21N3OS. The molecule has 0 atom stereocenters. The van der Waals surface area contributed by atoms with E-state index < -0.39 is 5.41 Å². The summed E-state index contributed by atoms with van der Waals surface area (Å²) in [5.74, 6) is -0.00278. The molecular weight excluding hydrogens is 282 g/mol. The van der Waals surface area contributed by atoms with E-state index >= 15 is 0 Å². The molecule has 1 aromatic heterocycles. The lowest BCUT2D eigenvalue weighted by Crippen LogP contribution is -2.41. The van der Waals surface area contributed by atoms with Crippen molar-refractivity contribution in [1.82, 2.24) is 4.98 Å². The molecule has 0 aliphatic carbocycles. The maximum Gasteiger partial charge on any atom is 0.231 e. The first-order chi connectivity index (χ1) is 10.1. The molecule has 0 saturated carbocycles. The van der Waals surface area contributed by atoms with E-state index in [1.54, 1.807) is 17.5 Å². The molecule has 112 valence electrons. The average Bonchev–Trinajstić information content (AvgIpc) is 3.05. The highest BCUT2D eigenvalue weighted by Gasteiger charge is 2.33. The fraction of sp³-hybridized carbons (Fsp3) is 0.375. The lowest BCUT2D eigenvalue weighted by molar-refractivity contribution is -0.125. The van der Waals surface area contributed by atoms with E-state index in [-0.39, 0.29) is 5.91 Å². The van der Waals surface area contributed by atoms with Gasteiger partial charge in [-0.2, -0.15) is 0 Å². The van der Waals surface area contributed by atoms with Crippen LogP contribution in [0.25, 0.3) is 10.6 Å². The third-order valence-electron chi connectivity index (χ3n) is 4.05. The third kappa shape index (κ3) is 3.31. The Balaban J connectivity index is 2.11. The molecule has 2 rings (SSSR count). The third-order valence-corrected chi connectivity index (χ3v) is 4.87. The number of carbonyl (C=O) groups excluding carboxylic acids is 1. The molecule has 0 aliphatic heterocycles. The number of benzene rings is 1. The summed E-state index contributed by atoms with van der Waals surface area (Å²) in [5.41, 5.74) is 7.17. The van der Waals surface area contributed by atoms with Crippen molar-refractivity contribution >= 4 is 22.9 Å². The zero-order valence-corrected chi connectivity index (χ0v) is 13.2. The zero-order chi connectivity index (χ0) is 15.3. The zero-order valence-electron chi connectivity index (χ0n) is 12.4. The van der Waals surface area contributed by atoms with Crippen LogP contribution >= 0.6 is 11.3 Å². The molecule has 1 heterocycles. The number of amides is 1. The van der Waals surface area contributed by atoms with Gasteiger partial charge in [-0.3, -0.25) is 4.79 Å². The van der Waals surface area contributed by atoms with Gasteiger partial charge in [0.05, 0.1) is 5.41 Å². The minimum Gasteiger partial charge on any atom is -0.329 e. The van der Waals surface area contributed by atoms with E-state index in [1.807, 2.05) is 43.5 Å². The van der Waals surface area contributed by atoms with Crippen molar-refractivity contribution in [3.8, 4) is 10.6 Å². The molecule has 1 amide bonds. The van der Waals surface area contributed by atoms with E-state index in [1.165, 1.54) is 0 Å². The van der Waals surface area contributed by atoms with Crippen LogP contribution in [-0.2, 0) is 4.79 Å². The summed E-state index contributed by atoms with van der Waals surface area (Å²) in [6, 6.07) is 7.75. The summed E-state index contributed by atoms with van der Waals surface area (Å²) in [6.45, 7) is 4.37. The molecule has 0 fully saturated rings. The van der Waals surface area contributed by atoms with Gasteiger partial charge in [-0.05, 0) is 37.1 Å². The van der Waals surface area contributed by atoms with Crippen LogP contribution in [0.3, 0.4) is 0 Å². The van der Waals surface area contributed by atoms with E-state index in [0.29, 0.717) is 6.54 Å². The van der Waals surface area contributed by atoms with Gasteiger partial charge in [0.2, 0.25) is 5.91 Å². The monoisotopic (exact) mass is 303 g/mol. The quantitative estimate of drug-likeness (QED) is 0.858. The van der Waals surface area contributed by atoms with Crippen LogP contribution in [-0.4, -0.2) is 17.4 Å². The minimum atomic E-state index is -0.478. The molecule has 0 radical (unpaired) electrons. The Hall–Kier alpha value is -1.72. The predicted octanol–water partition coefficient (Wildman–Crippen LogP) is 3.51. The highest BCUT2D eigenvalue weighted by Crippen LogP contribution is 2.28. The average molecular weight is 303 g/mol. The van der Waals surface area contributed by atoms with Crippen LogP contribution in [0.1, 0.15) is 26.7 Å². The van der Waals surface area contributed by atoms with Gasteiger partial charge < -0.3 is 11.1 Å². The summed E-state index contributed by atoms with van der Waals surface area (Å²) < 4.78 is 0. The molecule has 4 nitrogen and oxygen atoms in total. The number of nitrogens with two attached hydrogens (primary N) is 1. The largest absolute Gasteiger partial charge is 0.329 e. The second-order valence-corrected chi connectivity index (χ2v) is 5.95. The molecule has 0 spiro atoms. The van der Waals surface area contributed by atoms with Gasteiger partial charge in [-0.15, -0.1) is 11.3 Å². The van der Waals surface area contributed by atoms with Crippen LogP contribution in [0.4, 0.5) is 5.69 Å². The fourth-order valence-corrected chi connectivity index (χ4v) is 2.92. The molecule has 21 heavy (non-hydrogen) atoms. The number of hydrogen-bond donors (Lipinski definition) is 2. The van der Waals surface area contributed by atoms with Crippen molar-refractivity contribution in [2.24, 2.45) is 11.1 Å². The maximum absolute atomic E-state index is 12.4. The van der Waals surface area contributed by atoms with Crippen LogP contribution < -0.4 is 11.1 Å². The second kappa shape index (κ2) is 6.83. The summed E-state index contributed by atoms with van der Waals surface area (Å²) in [6.07, 6.45) is 3.26. The second-order valence-electron chi connectivity index (χ2n) is 5.06. The van der Waals surface area contributed by atoms with Crippen molar-refractivity contribution in [2.45, 2.75) is 26.7 Å². The minimum absolute atomic E-state index is 0.00278. The Bertz CT molecular complexity index is 566. The SMILES string of the molecule is CCC(CC)(CN)C(=O)Nc1ccc(-c2nccs2)cc1. The maximum atomic E-state index is 12.4. The molecule has 0 bridgehead atoms. The van der Waals surface area contributed by atoms with Gasteiger partial charge in [0, 0.05) is 29.4 Å². The Morgan fingerprint density at radius 3 is 2.43 bits per heavy atom. The van der Waals surface area contributed by atoms with E-state index in [0.717, 1.165) is 29.1 Å². The van der Waals surface area contributed by atoms with E-state index in [2.05, 4.69) is 10.3 Å². The molecule has 0 saturated heterocycles. The molecule has 0 unspecified atom stereocenters. The number of carbonyl (C=O) groups is 1. The van der Waals surface area contributed by atoms with Gasteiger partial charge in [-0.1, -0.05) is 13.8 Å². The number of hydrogen-bond acceptors (Lipinski definition) is 4. The standard InChI is InChI=1S/C16H21N3OS/c1-3-16(4-2,11-17)15(20)19-13-7-5-12(6-8-13)14-18-9-10-21-14/h5-10H,3-4,11,17H2,1-2H3,(H,19,20). The number of thiazole rings is 1. The van der Waals surface area contributed by atoms with Crippen LogP contribution in [0.15, 0.2) is 35.8 Å². The molecule has 5 heteroatoms. The highest BCUT2D eigenvalue weighted by atomic mass is 32.1. The number of rotatable bonds is 6.